The lowest BCUT2D eigenvalue weighted by Crippen LogP contribution is -2.52. The fourth-order valence-corrected chi connectivity index (χ4v) is 19.1. The van der Waals surface area contributed by atoms with Crippen LogP contribution in [0, 0.1) is 116 Å². The van der Waals surface area contributed by atoms with Crippen molar-refractivity contribution < 1.29 is 19.7 Å². The molecule has 2 N–H and O–H groups in total. The molecule has 8 fully saturated rings. The molecule has 10 nitrogen and oxygen atoms in total. The van der Waals surface area contributed by atoms with Gasteiger partial charge in [0.05, 0.1) is 54.0 Å². The highest BCUT2D eigenvalue weighted by Gasteiger charge is 2.60. The Bertz CT molecular complexity index is 2110. The molecule has 8 aliphatic rings. The second kappa shape index (κ2) is 18.5. The van der Waals surface area contributed by atoms with Gasteiger partial charge in [0.25, 0.3) is 0 Å². The van der Waals surface area contributed by atoms with Crippen molar-refractivity contribution in [2.75, 3.05) is 26.4 Å². The lowest BCUT2D eigenvalue weighted by Gasteiger charge is -2.57. The Morgan fingerprint density at radius 1 is 0.667 bits per heavy atom. The molecule has 362 valence electrons. The summed E-state index contributed by atoms with van der Waals surface area (Å²) in [6, 6.07) is 4.68. The van der Waals surface area contributed by atoms with E-state index in [9.17, 15) is 20.7 Å². The lowest BCUT2D eigenvalue weighted by atomic mass is 9.48. The van der Waals surface area contributed by atoms with E-state index in [-0.39, 0.29) is 0 Å². The van der Waals surface area contributed by atoms with Gasteiger partial charge in [-0.05, 0) is 216 Å². The monoisotopic (exact) mass is 905 g/mol. The van der Waals surface area contributed by atoms with Gasteiger partial charge in [-0.3, -0.25) is 9.36 Å². The Balaban J connectivity index is 0.687. The number of nitrogens with zero attached hydrogens (tertiary/aromatic N) is 6. The minimum atomic E-state index is -0.769. The number of fused-ring (bicyclic) bond motifs is 10. The van der Waals surface area contributed by atoms with E-state index < -0.39 is 11.2 Å². The SMILES string of the molecule is CCOC[C@@]1(O)CC[C@H]2[C@H](CC[C@@H]3[C@@H]2CC[C@]2(C)[C@@H](C(C)Cn4cc(C#N)c(CCOC[C@@]5(O)CC[C@H]6[C@H](CC[C@@H]7[C@@H]6CC[C@]6(C)[C@@H]([C@H](C)Cn8cc(C#N)cn8)CC[C@@H]76)C5)n4)CC[C@@H]32)C1. The van der Waals surface area contributed by atoms with E-state index >= 15 is 0 Å². The molecule has 0 aromatic carbocycles. The molecule has 10 heteroatoms. The maximum atomic E-state index is 12.0. The second-order valence-electron chi connectivity index (χ2n) is 25.0. The molecule has 1 unspecified atom stereocenters. The van der Waals surface area contributed by atoms with Crippen LogP contribution in [0.15, 0.2) is 18.6 Å². The number of hydrogen-bond acceptors (Lipinski definition) is 8. The molecule has 2 heterocycles. The molecular formula is C56H84N6O4. The standard InChI is InChI=1S/C56H84N6O4/c1-6-65-34-55(63)22-17-42-39(25-55)7-9-47-44(42)16-21-54(5)49(12-14-51(47)54)37(3)31-62-33-41(28-58)52(60-62)19-24-66-35-56(64)23-18-43-40(26-56)8-10-46-45(43)15-20-53(4)48(11-13-50(46)53)36(2)30-61-32-38(27-57)29-59-61/h29,32-33,36-37,39-40,42-51,63-64H,6-26,30-31,34-35H2,1-5H3/t36-,37?,39-,40-,42+,43+,44-,45-,46-,47-,48-,49-,50+,51+,53-,54-,55-,56-/m1/s1. The van der Waals surface area contributed by atoms with E-state index in [0.717, 1.165) is 98.2 Å². The van der Waals surface area contributed by atoms with Crippen LogP contribution in [0.2, 0.25) is 0 Å². The smallest absolute Gasteiger partial charge is 0.103 e. The first kappa shape index (κ1) is 46.9. The zero-order chi connectivity index (χ0) is 46.0. The molecule has 2 aromatic heterocycles. The summed E-state index contributed by atoms with van der Waals surface area (Å²) >= 11 is 0. The third-order valence-corrected chi connectivity index (χ3v) is 21.8. The largest absolute Gasteiger partial charge is 0.387 e. The molecule has 8 saturated carbocycles. The van der Waals surface area contributed by atoms with Gasteiger partial charge in [0.15, 0.2) is 0 Å². The van der Waals surface area contributed by atoms with Gasteiger partial charge >= 0.3 is 0 Å². The zero-order valence-electron chi connectivity index (χ0n) is 41.4. The normalized spacial score (nSPS) is 43.5. The fourth-order valence-electron chi connectivity index (χ4n) is 19.1. The Morgan fingerprint density at radius 2 is 1.21 bits per heavy atom. The highest BCUT2D eigenvalue weighted by atomic mass is 16.5. The number of aliphatic hydroxyl groups is 2. The molecule has 0 radical (unpaired) electrons. The average Bonchev–Trinajstić information content (AvgIpc) is 4.10. The molecule has 2 aromatic rings. The maximum Gasteiger partial charge on any atom is 0.103 e. The van der Waals surface area contributed by atoms with Crippen LogP contribution in [0.1, 0.15) is 167 Å². The van der Waals surface area contributed by atoms with E-state index in [2.05, 4.69) is 49.6 Å². The Hall–Kier alpha value is -2.76. The highest BCUT2D eigenvalue weighted by molar-refractivity contribution is 5.31. The first-order valence-corrected chi connectivity index (χ1v) is 27.3. The van der Waals surface area contributed by atoms with Crippen LogP contribution >= 0.6 is 0 Å². The number of nitriles is 2. The third-order valence-electron chi connectivity index (χ3n) is 21.8. The predicted molar refractivity (Wildman–Crippen MR) is 254 cm³/mol. The van der Waals surface area contributed by atoms with Gasteiger partial charge < -0.3 is 19.7 Å². The molecule has 0 amide bonds. The van der Waals surface area contributed by atoms with Gasteiger partial charge in [-0.2, -0.15) is 20.7 Å². The highest BCUT2D eigenvalue weighted by Crippen LogP contribution is 2.67. The van der Waals surface area contributed by atoms with Crippen LogP contribution < -0.4 is 0 Å². The summed E-state index contributed by atoms with van der Waals surface area (Å²) in [7, 11) is 0. The zero-order valence-corrected chi connectivity index (χ0v) is 41.4. The maximum absolute atomic E-state index is 12.0. The molecule has 10 rings (SSSR count). The molecular weight excluding hydrogens is 821 g/mol. The van der Waals surface area contributed by atoms with E-state index in [1.54, 1.807) is 6.20 Å². The lowest BCUT2D eigenvalue weighted by molar-refractivity contribution is -0.130. The van der Waals surface area contributed by atoms with E-state index in [0.29, 0.717) is 90.3 Å². The van der Waals surface area contributed by atoms with Crippen molar-refractivity contribution in [1.29, 1.82) is 10.5 Å². The Morgan fingerprint density at radius 3 is 1.74 bits per heavy atom. The van der Waals surface area contributed by atoms with Gasteiger partial charge in [0.2, 0.25) is 0 Å². The summed E-state index contributed by atoms with van der Waals surface area (Å²) in [6.45, 7) is 15.9. The molecule has 8 aliphatic carbocycles. The van der Waals surface area contributed by atoms with Crippen molar-refractivity contribution in [3.8, 4) is 12.1 Å². The minimum absolute atomic E-state index is 0.363. The van der Waals surface area contributed by atoms with Crippen LogP contribution in [-0.2, 0) is 29.0 Å². The fraction of sp³-hybridized carbons (Fsp3) is 0.857. The predicted octanol–water partition coefficient (Wildman–Crippen LogP) is 10.4. The topological polar surface area (TPSA) is 142 Å². The van der Waals surface area contributed by atoms with Crippen LogP contribution in [0.3, 0.4) is 0 Å². The number of aromatic nitrogens is 4. The van der Waals surface area contributed by atoms with Crippen molar-refractivity contribution >= 4 is 0 Å². The van der Waals surface area contributed by atoms with Crippen molar-refractivity contribution in [1.82, 2.24) is 19.6 Å². The minimum Gasteiger partial charge on any atom is -0.387 e. The summed E-state index contributed by atoms with van der Waals surface area (Å²) in [4.78, 5) is 0. The molecule has 18 atom stereocenters. The third kappa shape index (κ3) is 8.55. The summed E-state index contributed by atoms with van der Waals surface area (Å²) in [5.41, 5.74) is 1.49. The number of rotatable bonds is 14. The average molecular weight is 905 g/mol. The van der Waals surface area contributed by atoms with Gasteiger partial charge in [-0.25, -0.2) is 0 Å². The molecule has 0 spiro atoms. The van der Waals surface area contributed by atoms with Gasteiger partial charge in [0.1, 0.15) is 12.1 Å². The van der Waals surface area contributed by atoms with Crippen molar-refractivity contribution in [3.63, 3.8) is 0 Å². The van der Waals surface area contributed by atoms with Crippen LogP contribution in [0.5, 0.6) is 0 Å². The number of ether oxygens (including phenoxy) is 2. The van der Waals surface area contributed by atoms with Gasteiger partial charge in [-0.1, -0.05) is 27.7 Å². The van der Waals surface area contributed by atoms with Crippen molar-refractivity contribution in [3.05, 3.63) is 35.4 Å². The molecule has 0 saturated heterocycles. The summed E-state index contributed by atoms with van der Waals surface area (Å²) in [5.74, 6) is 9.98. The second-order valence-corrected chi connectivity index (χ2v) is 25.0. The Labute approximate surface area is 397 Å². The summed E-state index contributed by atoms with van der Waals surface area (Å²) < 4.78 is 16.1. The summed E-state index contributed by atoms with van der Waals surface area (Å²) in [6.07, 6.45) is 27.7. The van der Waals surface area contributed by atoms with Gasteiger partial charge in [0, 0.05) is 38.5 Å². The van der Waals surface area contributed by atoms with E-state index in [1.807, 2.05) is 24.0 Å². The Kier molecular flexibility index (Phi) is 13.2. The van der Waals surface area contributed by atoms with Gasteiger partial charge in [-0.15, -0.1) is 0 Å². The van der Waals surface area contributed by atoms with Crippen LogP contribution in [0.25, 0.3) is 0 Å². The quantitative estimate of drug-likeness (QED) is 0.179. The number of hydrogen-bond donors (Lipinski definition) is 2. The summed E-state index contributed by atoms with van der Waals surface area (Å²) in [5, 5.41) is 52.3. The van der Waals surface area contributed by atoms with E-state index in [1.165, 1.54) is 83.5 Å². The van der Waals surface area contributed by atoms with Crippen LogP contribution in [-0.4, -0.2) is 67.4 Å². The van der Waals surface area contributed by atoms with E-state index in [4.69, 9.17) is 14.6 Å². The molecule has 0 aliphatic heterocycles. The van der Waals surface area contributed by atoms with Crippen LogP contribution in [0.4, 0.5) is 0 Å². The first-order valence-electron chi connectivity index (χ1n) is 27.3. The van der Waals surface area contributed by atoms with Crippen molar-refractivity contribution in [2.45, 2.75) is 181 Å². The molecule has 66 heavy (non-hydrogen) atoms. The first-order chi connectivity index (χ1) is 31.8. The van der Waals surface area contributed by atoms with Crippen molar-refractivity contribution in [2.24, 2.45) is 93.7 Å². The molecule has 0 bridgehead atoms.